The lowest BCUT2D eigenvalue weighted by atomic mass is 10.0. The molecule has 78 valence electrons. The van der Waals surface area contributed by atoms with Crippen LogP contribution >= 0.6 is 9.90 Å². The fourth-order valence-electron chi connectivity index (χ4n) is 1.16. The largest absolute Gasteiger partial charge is 0.751 e. The van der Waals surface area contributed by atoms with Crippen molar-refractivity contribution >= 4 is 17.3 Å². The van der Waals surface area contributed by atoms with Gasteiger partial charge in [0.2, 0.25) is 0 Å². The molecule has 0 heterocycles. The Labute approximate surface area is 87.3 Å². The number of aryl methyl sites for hydroxylation is 1. The van der Waals surface area contributed by atoms with Gasteiger partial charge in [0.25, 0.3) is 0 Å². The van der Waals surface area contributed by atoms with Gasteiger partial charge >= 0.3 is 7.40 Å². The third-order valence-corrected chi connectivity index (χ3v) is 2.23. The molecule has 0 aliphatic rings. The molecular weight excluding hydrogens is 201 g/mol. The summed E-state index contributed by atoms with van der Waals surface area (Å²) in [5.74, 6) is 0.387. The SMILES string of the molecule is Cc1ccc(OB(O)F)c(C)c1C.P. The Hall–Kier alpha value is -0.595. The van der Waals surface area contributed by atoms with Crippen LogP contribution in [-0.2, 0) is 0 Å². The number of halogens is 1. The highest BCUT2D eigenvalue weighted by Gasteiger charge is 2.16. The minimum atomic E-state index is -2.25. The van der Waals surface area contributed by atoms with E-state index in [2.05, 4.69) is 4.65 Å². The number of hydrogen-bond donors (Lipinski definition) is 1. The van der Waals surface area contributed by atoms with Gasteiger partial charge in [-0.25, -0.2) is 4.32 Å². The minimum absolute atomic E-state index is 0. The van der Waals surface area contributed by atoms with E-state index < -0.39 is 7.40 Å². The standard InChI is InChI=1S/C9H12BFO2.H3P/c1-6-4-5-9(13-10(11)12)8(3)7(6)2;/h4-5,12H,1-3H3;1H3. The van der Waals surface area contributed by atoms with E-state index in [0.29, 0.717) is 5.75 Å². The average Bonchev–Trinajstić information content (AvgIpc) is 2.06. The Kier molecular flexibility index (Phi) is 5.10. The number of hydrogen-bond acceptors (Lipinski definition) is 2. The zero-order chi connectivity index (χ0) is 10.0. The van der Waals surface area contributed by atoms with E-state index in [1.54, 1.807) is 6.07 Å². The van der Waals surface area contributed by atoms with Gasteiger partial charge in [-0.2, -0.15) is 9.90 Å². The molecule has 0 spiro atoms. The highest BCUT2D eigenvalue weighted by molar-refractivity contribution is 6.92. The molecule has 1 unspecified atom stereocenters. The van der Waals surface area contributed by atoms with Crippen LogP contribution in [-0.4, -0.2) is 12.4 Å². The quantitative estimate of drug-likeness (QED) is 0.605. The summed E-state index contributed by atoms with van der Waals surface area (Å²) in [6.07, 6.45) is 0. The van der Waals surface area contributed by atoms with Crippen molar-refractivity contribution in [1.29, 1.82) is 0 Å². The van der Waals surface area contributed by atoms with Crippen LogP contribution in [0.4, 0.5) is 4.32 Å². The molecule has 5 heteroatoms. The molecule has 1 N–H and O–H groups in total. The zero-order valence-electron chi connectivity index (χ0n) is 8.67. The van der Waals surface area contributed by atoms with Crippen molar-refractivity contribution in [2.24, 2.45) is 0 Å². The van der Waals surface area contributed by atoms with Crippen LogP contribution in [0.15, 0.2) is 12.1 Å². The summed E-state index contributed by atoms with van der Waals surface area (Å²) in [6.45, 7) is 5.74. The maximum absolute atomic E-state index is 12.1. The molecule has 1 rings (SSSR count). The first-order valence-electron chi connectivity index (χ1n) is 4.08. The van der Waals surface area contributed by atoms with Gasteiger partial charge in [0, 0.05) is 0 Å². The third-order valence-electron chi connectivity index (χ3n) is 2.23. The Bertz CT molecular complexity index is 318. The van der Waals surface area contributed by atoms with Crippen molar-refractivity contribution in [3.63, 3.8) is 0 Å². The van der Waals surface area contributed by atoms with Gasteiger partial charge in [-0.1, -0.05) is 6.07 Å². The van der Waals surface area contributed by atoms with E-state index >= 15 is 0 Å². The molecule has 1 aromatic carbocycles. The lowest BCUT2D eigenvalue weighted by Gasteiger charge is -2.11. The molecule has 0 bridgehead atoms. The summed E-state index contributed by atoms with van der Waals surface area (Å²) in [7, 11) is -2.25. The van der Waals surface area contributed by atoms with Crippen LogP contribution in [0.25, 0.3) is 0 Å². The third kappa shape index (κ3) is 2.97. The maximum Gasteiger partial charge on any atom is 0.751 e. The van der Waals surface area contributed by atoms with Gasteiger partial charge in [-0.15, -0.1) is 0 Å². The van der Waals surface area contributed by atoms with Crippen LogP contribution in [0.5, 0.6) is 5.75 Å². The molecule has 0 aliphatic heterocycles. The van der Waals surface area contributed by atoms with E-state index in [0.717, 1.165) is 16.7 Å². The maximum atomic E-state index is 12.1. The highest BCUT2D eigenvalue weighted by atomic mass is 31.0. The molecule has 1 aromatic rings. The summed E-state index contributed by atoms with van der Waals surface area (Å²) < 4.78 is 16.7. The Morgan fingerprint density at radius 3 is 2.29 bits per heavy atom. The van der Waals surface area contributed by atoms with Crippen molar-refractivity contribution < 1.29 is 14.0 Å². The highest BCUT2D eigenvalue weighted by Crippen LogP contribution is 2.23. The second-order valence-electron chi connectivity index (χ2n) is 3.04. The first kappa shape index (κ1) is 13.4. The van der Waals surface area contributed by atoms with Crippen LogP contribution in [0.2, 0.25) is 0 Å². The predicted molar refractivity (Wildman–Crippen MR) is 61.5 cm³/mol. The van der Waals surface area contributed by atoms with Crippen molar-refractivity contribution in [2.75, 3.05) is 0 Å². The van der Waals surface area contributed by atoms with E-state index in [4.69, 9.17) is 5.02 Å². The second kappa shape index (κ2) is 5.33. The molecule has 2 nitrogen and oxygen atoms in total. The summed E-state index contributed by atoms with van der Waals surface area (Å²) in [5, 5.41) is 8.40. The molecule has 14 heavy (non-hydrogen) atoms. The van der Waals surface area contributed by atoms with E-state index in [1.165, 1.54) is 0 Å². The summed E-state index contributed by atoms with van der Waals surface area (Å²) in [4.78, 5) is 0. The molecular formula is C9H15BFO2P. The molecule has 0 saturated carbocycles. The van der Waals surface area contributed by atoms with Crippen molar-refractivity contribution in [3.05, 3.63) is 28.8 Å². The first-order valence-corrected chi connectivity index (χ1v) is 4.08. The summed E-state index contributed by atoms with van der Waals surface area (Å²) in [6, 6.07) is 3.49. The second-order valence-corrected chi connectivity index (χ2v) is 3.04. The fraction of sp³-hybridized carbons (Fsp3) is 0.333. The molecule has 0 saturated heterocycles. The van der Waals surface area contributed by atoms with Crippen molar-refractivity contribution in [2.45, 2.75) is 20.8 Å². The van der Waals surface area contributed by atoms with Gasteiger partial charge in [0.15, 0.2) is 0 Å². The van der Waals surface area contributed by atoms with Gasteiger partial charge in [-0.05, 0) is 43.5 Å². The lowest BCUT2D eigenvalue weighted by Crippen LogP contribution is -2.15. The molecule has 0 aliphatic carbocycles. The van der Waals surface area contributed by atoms with Gasteiger partial charge in [0.1, 0.15) is 5.75 Å². The Morgan fingerprint density at radius 1 is 1.21 bits per heavy atom. The fourth-order valence-corrected chi connectivity index (χ4v) is 1.16. The van der Waals surface area contributed by atoms with E-state index in [1.807, 2.05) is 26.8 Å². The normalized spacial score (nSPS) is 9.21. The lowest BCUT2D eigenvalue weighted by molar-refractivity contribution is 0.348. The van der Waals surface area contributed by atoms with E-state index in [-0.39, 0.29) is 9.90 Å². The monoisotopic (exact) mass is 216 g/mol. The molecule has 0 radical (unpaired) electrons. The number of benzene rings is 1. The van der Waals surface area contributed by atoms with Crippen LogP contribution < -0.4 is 4.65 Å². The summed E-state index contributed by atoms with van der Waals surface area (Å²) >= 11 is 0. The number of rotatable bonds is 2. The van der Waals surface area contributed by atoms with Crippen LogP contribution in [0.1, 0.15) is 16.7 Å². The topological polar surface area (TPSA) is 29.5 Å². The van der Waals surface area contributed by atoms with Crippen LogP contribution in [0.3, 0.4) is 0 Å². The minimum Gasteiger partial charge on any atom is -0.508 e. The Morgan fingerprint density at radius 2 is 1.79 bits per heavy atom. The molecule has 0 fully saturated rings. The average molecular weight is 216 g/mol. The summed E-state index contributed by atoms with van der Waals surface area (Å²) in [5.41, 5.74) is 3.04. The smallest absolute Gasteiger partial charge is 0.508 e. The van der Waals surface area contributed by atoms with Gasteiger partial charge in [0.05, 0.1) is 0 Å². The van der Waals surface area contributed by atoms with Crippen molar-refractivity contribution in [3.8, 4) is 5.75 Å². The van der Waals surface area contributed by atoms with Gasteiger partial charge in [-0.3, -0.25) is 0 Å². The molecule has 0 aromatic heterocycles. The molecule has 0 amide bonds. The van der Waals surface area contributed by atoms with Gasteiger partial charge < -0.3 is 9.68 Å². The van der Waals surface area contributed by atoms with Crippen molar-refractivity contribution in [1.82, 2.24) is 0 Å². The Balaban J connectivity index is 0.00000169. The predicted octanol–water partition coefficient (Wildman–Crippen LogP) is 2.00. The zero-order valence-corrected chi connectivity index (χ0v) is 10.1. The molecule has 1 atom stereocenters. The van der Waals surface area contributed by atoms with Crippen LogP contribution in [0, 0.1) is 20.8 Å². The van der Waals surface area contributed by atoms with E-state index in [9.17, 15) is 4.32 Å². The first-order chi connectivity index (χ1) is 6.02.